The molecule has 0 amide bonds. The molecule has 0 aliphatic carbocycles. The lowest BCUT2D eigenvalue weighted by atomic mass is 10.1. The normalized spacial score (nSPS) is 10.2. The van der Waals surface area contributed by atoms with Gasteiger partial charge in [-0.15, -0.1) is 0 Å². The van der Waals surface area contributed by atoms with Crippen molar-refractivity contribution in [2.24, 2.45) is 5.73 Å². The van der Waals surface area contributed by atoms with Crippen molar-refractivity contribution in [1.29, 1.82) is 0 Å². The van der Waals surface area contributed by atoms with E-state index in [-0.39, 0.29) is 34.5 Å². The molecule has 3 N–H and O–H groups in total. The van der Waals surface area contributed by atoms with Crippen LogP contribution >= 0.6 is 15.9 Å². The highest BCUT2D eigenvalue weighted by Gasteiger charge is 2.21. The highest BCUT2D eigenvalue weighted by Crippen LogP contribution is 2.38. The number of hydrogen-bond acceptors (Lipinski definition) is 4. The molecule has 0 unspecified atom stereocenters. The fourth-order valence-corrected chi connectivity index (χ4v) is 2.07. The fourth-order valence-electron chi connectivity index (χ4n) is 1.29. The van der Waals surface area contributed by atoms with Crippen molar-refractivity contribution in [2.75, 3.05) is 13.7 Å². The molecule has 88 valence electrons. The number of ether oxygens (including phenoxy) is 1. The van der Waals surface area contributed by atoms with Crippen LogP contribution < -0.4 is 10.5 Å². The first-order valence-electron chi connectivity index (χ1n) is 4.51. The van der Waals surface area contributed by atoms with Crippen LogP contribution in [0.5, 0.6) is 11.5 Å². The maximum Gasteiger partial charge on any atom is 0.175 e. The van der Waals surface area contributed by atoms with Crippen LogP contribution in [0.4, 0.5) is 4.39 Å². The van der Waals surface area contributed by atoms with E-state index in [0.717, 1.165) is 6.07 Å². The van der Waals surface area contributed by atoms with Crippen molar-refractivity contribution < 1.29 is 19.0 Å². The van der Waals surface area contributed by atoms with Crippen molar-refractivity contribution in [2.45, 2.75) is 6.42 Å². The minimum absolute atomic E-state index is 0.0294. The molecule has 0 heterocycles. The number of ketones is 1. The van der Waals surface area contributed by atoms with Gasteiger partial charge in [-0.25, -0.2) is 4.39 Å². The van der Waals surface area contributed by atoms with Gasteiger partial charge in [-0.05, 0) is 22.5 Å². The summed E-state index contributed by atoms with van der Waals surface area (Å²) in [4.78, 5) is 11.6. The topological polar surface area (TPSA) is 72.5 Å². The third-order valence-electron chi connectivity index (χ3n) is 2.01. The summed E-state index contributed by atoms with van der Waals surface area (Å²) in [5.74, 6) is -1.58. The quantitative estimate of drug-likeness (QED) is 0.830. The summed E-state index contributed by atoms with van der Waals surface area (Å²) in [6.07, 6.45) is 0.0312. The number of rotatable bonds is 4. The summed E-state index contributed by atoms with van der Waals surface area (Å²) in [6.45, 7) is 0.133. The maximum absolute atomic E-state index is 13.5. The smallest absolute Gasteiger partial charge is 0.175 e. The third-order valence-corrected chi connectivity index (χ3v) is 2.76. The maximum atomic E-state index is 13.5. The monoisotopic (exact) mass is 291 g/mol. The van der Waals surface area contributed by atoms with E-state index in [1.807, 2.05) is 0 Å². The molecule has 0 aliphatic rings. The van der Waals surface area contributed by atoms with Gasteiger partial charge in [0.05, 0.1) is 17.1 Å². The molecule has 0 fully saturated rings. The standard InChI is InChI=1S/C10H11BrFNO3/c1-16-10-7(15)4-5(12)8(9(10)11)6(14)2-3-13/h4,15H,2-3,13H2,1H3. The zero-order valence-corrected chi connectivity index (χ0v) is 10.2. The van der Waals surface area contributed by atoms with E-state index >= 15 is 0 Å². The van der Waals surface area contributed by atoms with Crippen LogP contribution in [-0.2, 0) is 0 Å². The number of benzene rings is 1. The predicted octanol–water partition coefficient (Wildman–Crippen LogP) is 1.83. The molecule has 0 spiro atoms. The number of phenols is 1. The van der Waals surface area contributed by atoms with E-state index < -0.39 is 11.6 Å². The summed E-state index contributed by atoms with van der Waals surface area (Å²) in [7, 11) is 1.31. The largest absolute Gasteiger partial charge is 0.504 e. The van der Waals surface area contributed by atoms with E-state index in [1.54, 1.807) is 0 Å². The fraction of sp³-hybridized carbons (Fsp3) is 0.300. The first kappa shape index (κ1) is 12.9. The minimum Gasteiger partial charge on any atom is -0.504 e. The van der Waals surface area contributed by atoms with E-state index in [1.165, 1.54) is 7.11 Å². The Labute approximate surface area is 100 Å². The average molecular weight is 292 g/mol. The summed E-state index contributed by atoms with van der Waals surface area (Å²) >= 11 is 3.03. The second kappa shape index (κ2) is 5.27. The summed E-state index contributed by atoms with van der Waals surface area (Å²) in [6, 6.07) is 0.841. The Hall–Kier alpha value is -1.14. The van der Waals surface area contributed by atoms with E-state index in [9.17, 15) is 14.3 Å². The first-order valence-corrected chi connectivity index (χ1v) is 5.30. The number of phenolic OH excluding ortho intramolecular Hbond substituents is 1. The molecular formula is C10H11BrFNO3. The van der Waals surface area contributed by atoms with Gasteiger partial charge in [-0.2, -0.15) is 0 Å². The van der Waals surface area contributed by atoms with Crippen LogP contribution in [0.25, 0.3) is 0 Å². The lowest BCUT2D eigenvalue weighted by Crippen LogP contribution is -2.11. The second-order valence-corrected chi connectivity index (χ2v) is 3.85. The summed E-state index contributed by atoms with van der Waals surface area (Å²) < 4.78 is 18.4. The van der Waals surface area contributed by atoms with Crippen molar-refractivity contribution in [3.05, 3.63) is 21.9 Å². The zero-order valence-electron chi connectivity index (χ0n) is 8.59. The Morgan fingerprint density at radius 2 is 2.31 bits per heavy atom. The molecule has 0 bridgehead atoms. The summed E-state index contributed by atoms with van der Waals surface area (Å²) in [5.41, 5.74) is 5.08. The Kier molecular flexibility index (Phi) is 4.26. The Balaban J connectivity index is 3.33. The number of aromatic hydroxyl groups is 1. The number of carbonyl (C=O) groups excluding carboxylic acids is 1. The average Bonchev–Trinajstić information content (AvgIpc) is 2.17. The SMILES string of the molecule is COc1c(O)cc(F)c(C(=O)CCN)c1Br. The van der Waals surface area contributed by atoms with E-state index in [0.29, 0.717) is 0 Å². The molecule has 4 nitrogen and oxygen atoms in total. The molecule has 0 aliphatic heterocycles. The summed E-state index contributed by atoms with van der Waals surface area (Å²) in [5, 5.41) is 9.38. The van der Waals surface area contributed by atoms with Gasteiger partial charge in [0.2, 0.25) is 0 Å². The number of nitrogens with two attached hydrogens (primary N) is 1. The zero-order chi connectivity index (χ0) is 12.3. The van der Waals surface area contributed by atoms with Crippen molar-refractivity contribution in [3.8, 4) is 11.5 Å². The molecule has 1 rings (SSSR count). The molecule has 6 heteroatoms. The highest BCUT2D eigenvalue weighted by atomic mass is 79.9. The van der Waals surface area contributed by atoms with Gasteiger partial charge in [-0.1, -0.05) is 0 Å². The van der Waals surface area contributed by atoms with Crippen molar-refractivity contribution in [3.63, 3.8) is 0 Å². The Morgan fingerprint density at radius 3 is 2.81 bits per heavy atom. The van der Waals surface area contributed by atoms with Crippen molar-refractivity contribution >= 4 is 21.7 Å². The molecule has 1 aromatic rings. The van der Waals surface area contributed by atoms with Gasteiger partial charge in [0, 0.05) is 12.5 Å². The first-order chi connectivity index (χ1) is 7.52. The van der Waals surface area contributed by atoms with Gasteiger partial charge < -0.3 is 15.6 Å². The van der Waals surface area contributed by atoms with Crippen LogP contribution in [0.3, 0.4) is 0 Å². The minimum atomic E-state index is -0.802. The molecule has 0 atom stereocenters. The van der Waals surface area contributed by atoms with Gasteiger partial charge >= 0.3 is 0 Å². The molecular weight excluding hydrogens is 281 g/mol. The molecule has 0 aromatic heterocycles. The number of methoxy groups -OCH3 is 1. The van der Waals surface area contributed by atoms with Gasteiger partial charge in [0.1, 0.15) is 5.82 Å². The lowest BCUT2D eigenvalue weighted by molar-refractivity contribution is 0.0980. The molecule has 0 radical (unpaired) electrons. The van der Waals surface area contributed by atoms with E-state index in [2.05, 4.69) is 15.9 Å². The predicted molar refractivity (Wildman–Crippen MR) is 60.3 cm³/mol. The second-order valence-electron chi connectivity index (χ2n) is 3.06. The van der Waals surface area contributed by atoms with E-state index in [4.69, 9.17) is 10.5 Å². The Bertz CT molecular complexity index is 423. The Morgan fingerprint density at radius 1 is 1.69 bits per heavy atom. The van der Waals surface area contributed by atoms with Crippen LogP contribution in [0.1, 0.15) is 16.8 Å². The number of hydrogen-bond donors (Lipinski definition) is 2. The van der Waals surface area contributed by atoms with Gasteiger partial charge in [-0.3, -0.25) is 4.79 Å². The lowest BCUT2D eigenvalue weighted by Gasteiger charge is -2.10. The van der Waals surface area contributed by atoms with Crippen molar-refractivity contribution in [1.82, 2.24) is 0 Å². The van der Waals surface area contributed by atoms with Crippen LogP contribution in [0.15, 0.2) is 10.5 Å². The van der Waals surface area contributed by atoms with Crippen LogP contribution in [0, 0.1) is 5.82 Å². The van der Waals surface area contributed by atoms with Crippen LogP contribution in [0.2, 0.25) is 0 Å². The molecule has 16 heavy (non-hydrogen) atoms. The van der Waals surface area contributed by atoms with Gasteiger partial charge in [0.15, 0.2) is 17.3 Å². The van der Waals surface area contributed by atoms with Crippen LogP contribution in [-0.4, -0.2) is 24.5 Å². The number of Topliss-reactive ketones (excluding diaryl/α,β-unsaturated/α-hetero) is 1. The molecule has 0 saturated carbocycles. The number of carbonyl (C=O) groups is 1. The highest BCUT2D eigenvalue weighted by molar-refractivity contribution is 9.10. The number of halogens is 2. The molecule has 1 aromatic carbocycles. The molecule has 0 saturated heterocycles. The van der Waals surface area contributed by atoms with Gasteiger partial charge in [0.25, 0.3) is 0 Å². The third kappa shape index (κ3) is 2.33.